The summed E-state index contributed by atoms with van der Waals surface area (Å²) >= 11 is 0. The fraction of sp³-hybridized carbons (Fsp3) is 0.308. The number of aromatic nitrogens is 2. The third-order valence-corrected chi connectivity index (χ3v) is 2.60. The standard InChI is InChI=1S/C13H16N2O/c1-10(2)11-6-4-7-12(13(11)16-3)15-9-5-8-14-15/h4-10H,1-3H3. The van der Waals surface area contributed by atoms with Crippen molar-refractivity contribution in [3.8, 4) is 11.4 Å². The number of nitrogens with zero attached hydrogens (tertiary/aromatic N) is 2. The Morgan fingerprint density at radius 3 is 2.62 bits per heavy atom. The Labute approximate surface area is 95.7 Å². The van der Waals surface area contributed by atoms with Gasteiger partial charge in [-0.25, -0.2) is 4.68 Å². The maximum absolute atomic E-state index is 5.50. The number of benzene rings is 1. The summed E-state index contributed by atoms with van der Waals surface area (Å²) in [7, 11) is 1.70. The van der Waals surface area contributed by atoms with Crippen LogP contribution in [0.1, 0.15) is 25.3 Å². The minimum absolute atomic E-state index is 0.436. The van der Waals surface area contributed by atoms with E-state index in [0.717, 1.165) is 11.4 Å². The molecule has 0 saturated carbocycles. The molecular formula is C13H16N2O. The Bertz CT molecular complexity index is 461. The van der Waals surface area contributed by atoms with E-state index in [9.17, 15) is 0 Å². The Morgan fingerprint density at radius 2 is 2.06 bits per heavy atom. The molecule has 0 amide bonds. The molecule has 0 fully saturated rings. The lowest BCUT2D eigenvalue weighted by atomic mass is 10.0. The van der Waals surface area contributed by atoms with Gasteiger partial charge in [0.05, 0.1) is 7.11 Å². The van der Waals surface area contributed by atoms with Gasteiger partial charge in [-0.1, -0.05) is 26.0 Å². The first kappa shape index (κ1) is 10.7. The maximum atomic E-state index is 5.50. The highest BCUT2D eigenvalue weighted by Gasteiger charge is 2.12. The van der Waals surface area contributed by atoms with E-state index in [1.54, 1.807) is 13.3 Å². The fourth-order valence-corrected chi connectivity index (χ4v) is 1.81. The Kier molecular flexibility index (Phi) is 2.95. The molecular weight excluding hydrogens is 200 g/mol. The van der Waals surface area contributed by atoms with E-state index in [1.807, 2.05) is 29.1 Å². The molecule has 3 nitrogen and oxygen atoms in total. The van der Waals surface area contributed by atoms with Gasteiger partial charge in [0, 0.05) is 12.4 Å². The molecule has 0 atom stereocenters. The van der Waals surface area contributed by atoms with E-state index in [1.165, 1.54) is 5.56 Å². The predicted molar refractivity (Wildman–Crippen MR) is 64.2 cm³/mol. The van der Waals surface area contributed by atoms with Crippen LogP contribution in [0.2, 0.25) is 0 Å². The molecule has 0 aliphatic rings. The van der Waals surface area contributed by atoms with Crippen molar-refractivity contribution in [2.45, 2.75) is 19.8 Å². The van der Waals surface area contributed by atoms with Crippen molar-refractivity contribution in [2.75, 3.05) is 7.11 Å². The van der Waals surface area contributed by atoms with Gasteiger partial charge in [0.1, 0.15) is 11.4 Å². The lowest BCUT2D eigenvalue weighted by Crippen LogP contribution is -2.02. The van der Waals surface area contributed by atoms with Crippen LogP contribution in [0, 0.1) is 0 Å². The van der Waals surface area contributed by atoms with Crippen LogP contribution in [0.3, 0.4) is 0 Å². The Balaban J connectivity index is 2.58. The van der Waals surface area contributed by atoms with Crippen LogP contribution >= 0.6 is 0 Å². The molecule has 0 aliphatic carbocycles. The van der Waals surface area contributed by atoms with Crippen molar-refractivity contribution in [1.29, 1.82) is 0 Å². The molecule has 2 rings (SSSR count). The van der Waals surface area contributed by atoms with Gasteiger partial charge in [-0.3, -0.25) is 0 Å². The quantitative estimate of drug-likeness (QED) is 0.788. The number of para-hydroxylation sites is 1. The summed E-state index contributed by atoms with van der Waals surface area (Å²) in [6.07, 6.45) is 3.68. The predicted octanol–water partition coefficient (Wildman–Crippen LogP) is 3.00. The summed E-state index contributed by atoms with van der Waals surface area (Å²) in [6.45, 7) is 4.31. The molecule has 0 saturated heterocycles. The number of hydrogen-bond donors (Lipinski definition) is 0. The van der Waals surface area contributed by atoms with Crippen LogP contribution in [-0.2, 0) is 0 Å². The number of ether oxygens (including phenoxy) is 1. The fourth-order valence-electron chi connectivity index (χ4n) is 1.81. The van der Waals surface area contributed by atoms with E-state index in [0.29, 0.717) is 5.92 Å². The molecule has 0 radical (unpaired) electrons. The summed E-state index contributed by atoms with van der Waals surface area (Å²) in [6, 6.07) is 8.05. The molecule has 0 aliphatic heterocycles. The average molecular weight is 216 g/mol. The highest BCUT2D eigenvalue weighted by molar-refractivity contribution is 5.52. The minimum atomic E-state index is 0.436. The van der Waals surface area contributed by atoms with Crippen LogP contribution in [-0.4, -0.2) is 16.9 Å². The summed E-state index contributed by atoms with van der Waals surface area (Å²) < 4.78 is 7.32. The van der Waals surface area contributed by atoms with Crippen LogP contribution in [0.25, 0.3) is 5.69 Å². The smallest absolute Gasteiger partial charge is 0.147 e. The highest BCUT2D eigenvalue weighted by atomic mass is 16.5. The summed E-state index contributed by atoms with van der Waals surface area (Å²) in [4.78, 5) is 0. The van der Waals surface area contributed by atoms with Gasteiger partial charge in [0.2, 0.25) is 0 Å². The van der Waals surface area contributed by atoms with Gasteiger partial charge in [0.25, 0.3) is 0 Å². The van der Waals surface area contributed by atoms with Crippen LogP contribution < -0.4 is 4.74 Å². The summed E-state index contributed by atoms with van der Waals surface area (Å²) in [5.41, 5.74) is 2.19. The van der Waals surface area contributed by atoms with Crippen molar-refractivity contribution in [3.05, 3.63) is 42.2 Å². The van der Waals surface area contributed by atoms with Crippen molar-refractivity contribution in [2.24, 2.45) is 0 Å². The first-order valence-electron chi connectivity index (χ1n) is 5.41. The lowest BCUT2D eigenvalue weighted by molar-refractivity contribution is 0.404. The van der Waals surface area contributed by atoms with Crippen LogP contribution in [0.15, 0.2) is 36.7 Å². The second-order valence-electron chi connectivity index (χ2n) is 4.00. The first-order chi connectivity index (χ1) is 7.74. The highest BCUT2D eigenvalue weighted by Crippen LogP contribution is 2.31. The van der Waals surface area contributed by atoms with Gasteiger partial charge in [-0.05, 0) is 23.6 Å². The zero-order chi connectivity index (χ0) is 11.5. The zero-order valence-electron chi connectivity index (χ0n) is 9.84. The van der Waals surface area contributed by atoms with Gasteiger partial charge in [-0.15, -0.1) is 0 Å². The van der Waals surface area contributed by atoms with E-state index in [2.05, 4.69) is 25.0 Å². The van der Waals surface area contributed by atoms with Crippen molar-refractivity contribution in [3.63, 3.8) is 0 Å². The maximum Gasteiger partial charge on any atom is 0.147 e. The molecule has 0 bridgehead atoms. The van der Waals surface area contributed by atoms with Gasteiger partial charge < -0.3 is 4.74 Å². The van der Waals surface area contributed by atoms with E-state index in [-0.39, 0.29) is 0 Å². The van der Waals surface area contributed by atoms with Gasteiger partial charge in [-0.2, -0.15) is 5.10 Å². The lowest BCUT2D eigenvalue weighted by Gasteiger charge is -2.15. The molecule has 1 heterocycles. The largest absolute Gasteiger partial charge is 0.494 e. The molecule has 0 unspecified atom stereocenters. The second-order valence-corrected chi connectivity index (χ2v) is 4.00. The summed E-state index contributed by atoms with van der Waals surface area (Å²) in [5.74, 6) is 1.34. The molecule has 1 aromatic heterocycles. The third kappa shape index (κ3) is 1.81. The molecule has 1 aromatic carbocycles. The molecule has 0 N–H and O–H groups in total. The first-order valence-corrected chi connectivity index (χ1v) is 5.41. The number of rotatable bonds is 3. The van der Waals surface area contributed by atoms with Gasteiger partial charge >= 0.3 is 0 Å². The number of hydrogen-bond acceptors (Lipinski definition) is 2. The molecule has 3 heteroatoms. The Morgan fingerprint density at radius 1 is 1.25 bits per heavy atom. The monoisotopic (exact) mass is 216 g/mol. The van der Waals surface area contributed by atoms with Crippen LogP contribution in [0.5, 0.6) is 5.75 Å². The molecule has 84 valence electrons. The zero-order valence-corrected chi connectivity index (χ0v) is 9.84. The molecule has 0 spiro atoms. The minimum Gasteiger partial charge on any atom is -0.494 e. The second kappa shape index (κ2) is 4.39. The molecule has 16 heavy (non-hydrogen) atoms. The summed E-state index contributed by atoms with van der Waals surface area (Å²) in [5, 5.41) is 4.23. The van der Waals surface area contributed by atoms with Crippen molar-refractivity contribution in [1.82, 2.24) is 9.78 Å². The number of methoxy groups -OCH3 is 1. The van der Waals surface area contributed by atoms with E-state index >= 15 is 0 Å². The van der Waals surface area contributed by atoms with E-state index in [4.69, 9.17) is 4.74 Å². The van der Waals surface area contributed by atoms with Crippen molar-refractivity contribution >= 4 is 0 Å². The SMILES string of the molecule is COc1c(C(C)C)cccc1-n1cccn1. The van der Waals surface area contributed by atoms with Crippen LogP contribution in [0.4, 0.5) is 0 Å². The van der Waals surface area contributed by atoms with E-state index < -0.39 is 0 Å². The normalized spacial score (nSPS) is 10.8. The van der Waals surface area contributed by atoms with Crippen molar-refractivity contribution < 1.29 is 4.74 Å². The Hall–Kier alpha value is -1.77. The topological polar surface area (TPSA) is 27.1 Å². The molecule has 2 aromatic rings. The average Bonchev–Trinajstić information content (AvgIpc) is 2.81. The van der Waals surface area contributed by atoms with Gasteiger partial charge in [0.15, 0.2) is 0 Å². The third-order valence-electron chi connectivity index (χ3n) is 2.60.